The number of hydrazone groups is 2. The summed E-state index contributed by atoms with van der Waals surface area (Å²) in [4.78, 5) is 47.7. The molecule has 0 spiro atoms. The van der Waals surface area contributed by atoms with Gasteiger partial charge in [-0.25, -0.2) is 10.9 Å². The quantitative estimate of drug-likeness (QED) is 0.184. The van der Waals surface area contributed by atoms with E-state index in [0.717, 1.165) is 22.3 Å². The van der Waals surface area contributed by atoms with Crippen LogP contribution in [0.5, 0.6) is 0 Å². The van der Waals surface area contributed by atoms with Crippen molar-refractivity contribution in [2.24, 2.45) is 10.2 Å². The first-order valence-corrected chi connectivity index (χ1v) is 12.8. The third-order valence-electron chi connectivity index (χ3n) is 5.57. The van der Waals surface area contributed by atoms with Crippen LogP contribution in [0.15, 0.2) is 95.1 Å². The number of hydrogen-bond acceptors (Lipinski definition) is 6. The van der Waals surface area contributed by atoms with Crippen molar-refractivity contribution in [3.63, 3.8) is 0 Å². The topological polar surface area (TPSA) is 141 Å². The number of nitrogens with zero attached hydrogens (tertiary/aromatic N) is 2. The second kappa shape index (κ2) is 16.7. The standard InChI is InChI=1S/C30H32N6O4/c37-27(31-19-23-7-3-1-4-8-23)15-17-29(39)35-33-21-25-11-13-26(14-12-25)22-34-36-30(40)18-16-28(38)32-20-24-9-5-2-6-10-24/h1-14,21-22H,15-20H2,(H,31,37)(H,32,38)(H,35,39)(H,36,40). The molecule has 4 N–H and O–H groups in total. The first-order chi connectivity index (χ1) is 19.5. The average Bonchev–Trinajstić information content (AvgIpc) is 2.98. The van der Waals surface area contributed by atoms with E-state index < -0.39 is 0 Å². The zero-order valence-electron chi connectivity index (χ0n) is 22.0. The van der Waals surface area contributed by atoms with Crippen molar-refractivity contribution in [1.29, 1.82) is 0 Å². The molecule has 4 amide bonds. The van der Waals surface area contributed by atoms with Gasteiger partial charge in [0.05, 0.1) is 12.4 Å². The predicted octanol–water partition coefficient (Wildman–Crippen LogP) is 2.78. The van der Waals surface area contributed by atoms with E-state index in [1.807, 2.05) is 60.7 Å². The van der Waals surface area contributed by atoms with Crippen LogP contribution in [0, 0.1) is 0 Å². The van der Waals surface area contributed by atoms with E-state index in [-0.39, 0.29) is 49.3 Å². The molecule has 0 aliphatic rings. The van der Waals surface area contributed by atoms with Gasteiger partial charge in [-0.2, -0.15) is 10.2 Å². The Balaban J connectivity index is 1.28. The maximum Gasteiger partial charge on any atom is 0.240 e. The van der Waals surface area contributed by atoms with Gasteiger partial charge in [-0.3, -0.25) is 19.2 Å². The molecule has 0 aromatic heterocycles. The summed E-state index contributed by atoms with van der Waals surface area (Å²) in [7, 11) is 0. The van der Waals surface area contributed by atoms with Gasteiger partial charge in [0.15, 0.2) is 0 Å². The average molecular weight is 541 g/mol. The number of rotatable bonds is 14. The lowest BCUT2D eigenvalue weighted by Crippen LogP contribution is -2.25. The summed E-state index contributed by atoms with van der Waals surface area (Å²) in [6.45, 7) is 0.835. The lowest BCUT2D eigenvalue weighted by Gasteiger charge is -2.05. The molecule has 10 heteroatoms. The van der Waals surface area contributed by atoms with Gasteiger partial charge in [-0.1, -0.05) is 84.9 Å². The fourth-order valence-electron chi connectivity index (χ4n) is 3.36. The minimum atomic E-state index is -0.362. The van der Waals surface area contributed by atoms with Crippen LogP contribution in [0.25, 0.3) is 0 Å². The zero-order chi connectivity index (χ0) is 28.4. The minimum Gasteiger partial charge on any atom is -0.352 e. The van der Waals surface area contributed by atoms with E-state index >= 15 is 0 Å². The van der Waals surface area contributed by atoms with Gasteiger partial charge in [0, 0.05) is 38.8 Å². The zero-order valence-corrected chi connectivity index (χ0v) is 22.0. The Bertz CT molecular complexity index is 1210. The Labute approximate surface area is 233 Å². The fourth-order valence-corrected chi connectivity index (χ4v) is 3.36. The van der Waals surface area contributed by atoms with Crippen molar-refractivity contribution >= 4 is 36.1 Å². The molecule has 3 rings (SSSR count). The van der Waals surface area contributed by atoms with Crippen LogP contribution in [0.1, 0.15) is 47.9 Å². The van der Waals surface area contributed by atoms with Crippen LogP contribution in [0.2, 0.25) is 0 Å². The van der Waals surface area contributed by atoms with E-state index in [2.05, 4.69) is 31.7 Å². The van der Waals surface area contributed by atoms with Crippen LogP contribution in [-0.2, 0) is 32.3 Å². The first kappa shape index (κ1) is 29.4. The number of amides is 4. The molecular formula is C30H32N6O4. The SMILES string of the molecule is O=C(CCC(=O)NN=Cc1ccc(C=NNC(=O)CCC(=O)NCc2ccccc2)cc1)NCc1ccccc1. The minimum absolute atomic E-state index is 0.0252. The molecule has 206 valence electrons. The van der Waals surface area contributed by atoms with E-state index in [1.165, 1.54) is 12.4 Å². The molecule has 0 aliphatic carbocycles. The molecule has 0 heterocycles. The van der Waals surface area contributed by atoms with E-state index in [9.17, 15) is 19.2 Å². The summed E-state index contributed by atoms with van der Waals surface area (Å²) in [5.41, 5.74) is 8.27. The van der Waals surface area contributed by atoms with Crippen molar-refractivity contribution in [2.45, 2.75) is 38.8 Å². The summed E-state index contributed by atoms with van der Waals surface area (Å²) in [6.07, 6.45) is 3.16. The third kappa shape index (κ3) is 12.0. The van der Waals surface area contributed by atoms with E-state index in [1.54, 1.807) is 24.3 Å². The molecule has 0 atom stereocenters. The summed E-state index contributed by atoms with van der Waals surface area (Å²) in [5.74, 6) is -1.14. The van der Waals surface area contributed by atoms with Crippen LogP contribution in [-0.4, -0.2) is 36.1 Å². The van der Waals surface area contributed by atoms with Crippen molar-refractivity contribution < 1.29 is 19.2 Å². The van der Waals surface area contributed by atoms with E-state index in [0.29, 0.717) is 13.1 Å². The molecule has 3 aromatic carbocycles. The molecule has 0 radical (unpaired) electrons. The van der Waals surface area contributed by atoms with Gasteiger partial charge in [-0.05, 0) is 22.3 Å². The monoisotopic (exact) mass is 540 g/mol. The van der Waals surface area contributed by atoms with Gasteiger partial charge in [0.1, 0.15) is 0 Å². The number of nitrogens with one attached hydrogen (secondary N) is 4. The molecule has 40 heavy (non-hydrogen) atoms. The van der Waals surface area contributed by atoms with Gasteiger partial charge in [0.2, 0.25) is 23.6 Å². The summed E-state index contributed by atoms with van der Waals surface area (Å²) >= 11 is 0. The molecule has 0 fully saturated rings. The maximum atomic E-state index is 11.9. The molecule has 0 bridgehead atoms. The van der Waals surface area contributed by atoms with Crippen LogP contribution < -0.4 is 21.5 Å². The van der Waals surface area contributed by atoms with Gasteiger partial charge >= 0.3 is 0 Å². The Morgan fingerprint density at radius 1 is 0.500 bits per heavy atom. The largest absolute Gasteiger partial charge is 0.352 e. The third-order valence-corrected chi connectivity index (χ3v) is 5.57. The summed E-state index contributed by atoms with van der Waals surface area (Å²) in [6, 6.07) is 26.1. The Kier molecular flexibility index (Phi) is 12.3. The second-order valence-electron chi connectivity index (χ2n) is 8.78. The normalized spacial score (nSPS) is 10.8. The molecule has 10 nitrogen and oxygen atoms in total. The number of hydrogen-bond donors (Lipinski definition) is 4. The van der Waals surface area contributed by atoms with Gasteiger partial charge in [-0.15, -0.1) is 0 Å². The number of carbonyl (C=O) groups is 4. The smallest absolute Gasteiger partial charge is 0.240 e. The van der Waals surface area contributed by atoms with Crippen LogP contribution in [0.4, 0.5) is 0 Å². The highest BCUT2D eigenvalue weighted by Gasteiger charge is 2.07. The molecule has 0 unspecified atom stereocenters. The number of carbonyl (C=O) groups excluding carboxylic acids is 4. The second-order valence-corrected chi connectivity index (χ2v) is 8.78. The maximum absolute atomic E-state index is 11.9. The van der Waals surface area contributed by atoms with Crippen LogP contribution in [0.3, 0.4) is 0 Å². The van der Waals surface area contributed by atoms with Crippen LogP contribution >= 0.6 is 0 Å². The first-order valence-electron chi connectivity index (χ1n) is 12.8. The summed E-state index contributed by atoms with van der Waals surface area (Å²) < 4.78 is 0. The van der Waals surface area contributed by atoms with Gasteiger partial charge < -0.3 is 10.6 Å². The highest BCUT2D eigenvalue weighted by molar-refractivity contribution is 5.87. The highest BCUT2D eigenvalue weighted by Crippen LogP contribution is 2.02. The summed E-state index contributed by atoms with van der Waals surface area (Å²) in [5, 5.41) is 13.4. The molecule has 3 aromatic rings. The Morgan fingerprint density at radius 2 is 0.850 bits per heavy atom. The lowest BCUT2D eigenvalue weighted by atomic mass is 10.2. The van der Waals surface area contributed by atoms with E-state index in [4.69, 9.17) is 0 Å². The molecule has 0 saturated heterocycles. The molecular weight excluding hydrogens is 508 g/mol. The highest BCUT2D eigenvalue weighted by atomic mass is 16.2. The van der Waals surface area contributed by atoms with Gasteiger partial charge in [0.25, 0.3) is 0 Å². The molecule has 0 aliphatic heterocycles. The Hall–Kier alpha value is -5.12. The predicted molar refractivity (Wildman–Crippen MR) is 153 cm³/mol. The number of benzene rings is 3. The van der Waals surface area contributed by atoms with Crippen molar-refractivity contribution in [3.05, 3.63) is 107 Å². The van der Waals surface area contributed by atoms with Crippen molar-refractivity contribution in [3.8, 4) is 0 Å². The van der Waals surface area contributed by atoms with Crippen molar-refractivity contribution in [2.75, 3.05) is 0 Å². The van der Waals surface area contributed by atoms with Crippen molar-refractivity contribution in [1.82, 2.24) is 21.5 Å². The lowest BCUT2D eigenvalue weighted by molar-refractivity contribution is -0.126. The molecule has 0 saturated carbocycles. The fraction of sp³-hybridized carbons (Fsp3) is 0.200. The Morgan fingerprint density at radius 3 is 1.23 bits per heavy atom.